The lowest BCUT2D eigenvalue weighted by Crippen LogP contribution is -1.92. The summed E-state index contributed by atoms with van der Waals surface area (Å²) < 4.78 is 0. The average molecular weight is 153 g/mol. The fourth-order valence-electron chi connectivity index (χ4n) is 0.952. The molecule has 1 aromatic carbocycles. The van der Waals surface area contributed by atoms with Crippen molar-refractivity contribution in [3.8, 4) is 0 Å². The van der Waals surface area contributed by atoms with Gasteiger partial charge in [0.05, 0.1) is 0 Å². The summed E-state index contributed by atoms with van der Waals surface area (Å²) in [6.45, 7) is 3.98. The molecule has 2 heteroatoms. The summed E-state index contributed by atoms with van der Waals surface area (Å²) in [6.07, 6.45) is 0. The molecule has 1 nitrogen and oxygen atoms in total. The number of hydrogen-bond acceptors (Lipinski definition) is 2. The second kappa shape index (κ2) is 2.54. The number of thiol groups is 1. The van der Waals surface area contributed by atoms with Crippen LogP contribution in [0.25, 0.3) is 0 Å². The maximum atomic E-state index is 5.72. The number of benzene rings is 1. The van der Waals surface area contributed by atoms with Crippen LogP contribution in [-0.2, 0) is 0 Å². The van der Waals surface area contributed by atoms with Crippen molar-refractivity contribution in [3.63, 3.8) is 0 Å². The Bertz CT molecular complexity index is 232. The summed E-state index contributed by atoms with van der Waals surface area (Å²) in [4.78, 5) is 0.976. The molecule has 0 heterocycles. The Labute approximate surface area is 66.7 Å². The van der Waals surface area contributed by atoms with Crippen LogP contribution < -0.4 is 5.73 Å². The van der Waals surface area contributed by atoms with E-state index in [1.54, 1.807) is 0 Å². The molecule has 0 fully saturated rings. The molecule has 0 radical (unpaired) electrons. The quantitative estimate of drug-likeness (QED) is 0.433. The van der Waals surface area contributed by atoms with Gasteiger partial charge in [0.25, 0.3) is 0 Å². The average Bonchev–Trinajstić information content (AvgIpc) is 1.82. The standard InChI is InChI=1S/C8H11NS/c1-5-3-7(10)4-6(2)8(5)9/h3-4,10H,9H2,1-2H3. The molecule has 0 aliphatic heterocycles. The zero-order valence-electron chi connectivity index (χ0n) is 6.18. The van der Waals surface area contributed by atoms with Gasteiger partial charge in [-0.3, -0.25) is 0 Å². The SMILES string of the molecule is Cc1cc(S)cc(C)c1N. The van der Waals surface area contributed by atoms with Crippen LogP contribution in [0.15, 0.2) is 17.0 Å². The second-order valence-electron chi connectivity index (χ2n) is 2.49. The molecule has 0 aliphatic rings. The van der Waals surface area contributed by atoms with Gasteiger partial charge in [0.1, 0.15) is 0 Å². The molecule has 0 unspecified atom stereocenters. The number of anilines is 1. The molecule has 10 heavy (non-hydrogen) atoms. The lowest BCUT2D eigenvalue weighted by Gasteiger charge is -2.04. The second-order valence-corrected chi connectivity index (χ2v) is 3.01. The molecule has 0 amide bonds. The number of nitrogen functional groups attached to an aromatic ring is 1. The third-order valence-corrected chi connectivity index (χ3v) is 1.84. The van der Waals surface area contributed by atoms with E-state index in [0.29, 0.717) is 0 Å². The van der Waals surface area contributed by atoms with Crippen LogP contribution in [0.5, 0.6) is 0 Å². The van der Waals surface area contributed by atoms with Crippen molar-refractivity contribution in [2.45, 2.75) is 18.7 Å². The molecule has 54 valence electrons. The van der Waals surface area contributed by atoms with Crippen LogP contribution in [-0.4, -0.2) is 0 Å². The largest absolute Gasteiger partial charge is 0.398 e. The number of nitrogens with two attached hydrogens (primary N) is 1. The van der Waals surface area contributed by atoms with Gasteiger partial charge in [0.15, 0.2) is 0 Å². The van der Waals surface area contributed by atoms with Gasteiger partial charge in [-0.05, 0) is 37.1 Å². The number of hydrogen-bond donors (Lipinski definition) is 2. The van der Waals surface area contributed by atoms with Crippen molar-refractivity contribution in [2.24, 2.45) is 0 Å². The Balaban J connectivity index is 3.31. The highest BCUT2D eigenvalue weighted by molar-refractivity contribution is 7.80. The minimum Gasteiger partial charge on any atom is -0.398 e. The molecular formula is C8H11NS. The van der Waals surface area contributed by atoms with Crippen LogP contribution in [0.4, 0.5) is 5.69 Å². The molecule has 0 saturated heterocycles. The van der Waals surface area contributed by atoms with E-state index < -0.39 is 0 Å². The predicted octanol–water partition coefficient (Wildman–Crippen LogP) is 2.17. The van der Waals surface area contributed by atoms with Crippen LogP contribution >= 0.6 is 12.6 Å². The topological polar surface area (TPSA) is 26.0 Å². The molecule has 1 rings (SSSR count). The molecule has 0 bridgehead atoms. The van der Waals surface area contributed by atoms with Gasteiger partial charge in [-0.1, -0.05) is 0 Å². The number of rotatable bonds is 0. The van der Waals surface area contributed by atoms with Crippen molar-refractivity contribution in [1.29, 1.82) is 0 Å². The Morgan fingerprint density at radius 1 is 1.20 bits per heavy atom. The first-order chi connectivity index (χ1) is 4.61. The van der Waals surface area contributed by atoms with Gasteiger partial charge < -0.3 is 5.73 Å². The molecule has 0 aromatic heterocycles. The minimum absolute atomic E-state index is 0.873. The van der Waals surface area contributed by atoms with Crippen molar-refractivity contribution in [2.75, 3.05) is 5.73 Å². The van der Waals surface area contributed by atoms with Crippen LogP contribution in [0.2, 0.25) is 0 Å². The molecule has 0 aliphatic carbocycles. The lowest BCUT2D eigenvalue weighted by molar-refractivity contribution is 1.31. The Kier molecular flexibility index (Phi) is 1.90. The van der Waals surface area contributed by atoms with Gasteiger partial charge in [-0.25, -0.2) is 0 Å². The fraction of sp³-hybridized carbons (Fsp3) is 0.250. The molecule has 0 saturated carbocycles. The molecular weight excluding hydrogens is 142 g/mol. The zero-order chi connectivity index (χ0) is 7.72. The van der Waals surface area contributed by atoms with E-state index >= 15 is 0 Å². The summed E-state index contributed by atoms with van der Waals surface area (Å²) in [5.74, 6) is 0. The maximum absolute atomic E-state index is 5.72. The minimum atomic E-state index is 0.873. The summed E-state index contributed by atoms with van der Waals surface area (Å²) in [7, 11) is 0. The zero-order valence-corrected chi connectivity index (χ0v) is 7.07. The van der Waals surface area contributed by atoms with Gasteiger partial charge in [-0.2, -0.15) is 0 Å². The number of aryl methyl sites for hydroxylation is 2. The van der Waals surface area contributed by atoms with Crippen molar-refractivity contribution >= 4 is 18.3 Å². The van der Waals surface area contributed by atoms with E-state index in [2.05, 4.69) is 12.6 Å². The van der Waals surface area contributed by atoms with E-state index in [1.807, 2.05) is 26.0 Å². The molecule has 2 N–H and O–H groups in total. The van der Waals surface area contributed by atoms with E-state index in [0.717, 1.165) is 21.7 Å². The summed E-state index contributed by atoms with van der Waals surface area (Å²) in [5.41, 5.74) is 8.79. The highest BCUT2D eigenvalue weighted by atomic mass is 32.1. The normalized spacial score (nSPS) is 9.90. The molecule has 1 aromatic rings. The van der Waals surface area contributed by atoms with Gasteiger partial charge >= 0.3 is 0 Å². The van der Waals surface area contributed by atoms with E-state index in [-0.39, 0.29) is 0 Å². The van der Waals surface area contributed by atoms with Gasteiger partial charge in [-0.15, -0.1) is 12.6 Å². The fourth-order valence-corrected chi connectivity index (χ4v) is 1.34. The molecule has 0 atom stereocenters. The summed E-state index contributed by atoms with van der Waals surface area (Å²) >= 11 is 4.22. The van der Waals surface area contributed by atoms with Crippen LogP contribution in [0.3, 0.4) is 0 Å². The van der Waals surface area contributed by atoms with Crippen LogP contribution in [0, 0.1) is 13.8 Å². The van der Waals surface area contributed by atoms with Crippen molar-refractivity contribution < 1.29 is 0 Å². The third-order valence-electron chi connectivity index (χ3n) is 1.58. The van der Waals surface area contributed by atoms with Crippen molar-refractivity contribution in [1.82, 2.24) is 0 Å². The van der Waals surface area contributed by atoms with Gasteiger partial charge in [0, 0.05) is 10.6 Å². The Morgan fingerprint density at radius 2 is 1.60 bits per heavy atom. The highest BCUT2D eigenvalue weighted by Crippen LogP contribution is 2.20. The summed E-state index contributed by atoms with van der Waals surface area (Å²) in [5, 5.41) is 0. The first kappa shape index (κ1) is 7.48. The summed E-state index contributed by atoms with van der Waals surface area (Å²) in [6, 6.07) is 3.93. The smallest absolute Gasteiger partial charge is 0.0374 e. The highest BCUT2D eigenvalue weighted by Gasteiger charge is 1.97. The monoisotopic (exact) mass is 153 g/mol. The van der Waals surface area contributed by atoms with E-state index in [1.165, 1.54) is 0 Å². The first-order valence-electron chi connectivity index (χ1n) is 3.17. The van der Waals surface area contributed by atoms with Gasteiger partial charge in [0.2, 0.25) is 0 Å². The Hall–Kier alpha value is -0.630. The van der Waals surface area contributed by atoms with Crippen LogP contribution in [0.1, 0.15) is 11.1 Å². The Morgan fingerprint density at radius 3 is 2.00 bits per heavy atom. The maximum Gasteiger partial charge on any atom is 0.0374 e. The van der Waals surface area contributed by atoms with Crippen molar-refractivity contribution in [3.05, 3.63) is 23.3 Å². The third kappa shape index (κ3) is 1.27. The van der Waals surface area contributed by atoms with E-state index in [4.69, 9.17) is 5.73 Å². The lowest BCUT2D eigenvalue weighted by atomic mass is 10.1. The van der Waals surface area contributed by atoms with E-state index in [9.17, 15) is 0 Å². The predicted molar refractivity (Wildman–Crippen MR) is 47.6 cm³/mol. The molecule has 0 spiro atoms. The first-order valence-corrected chi connectivity index (χ1v) is 3.61.